The average Bonchev–Trinajstić information content (AvgIpc) is 3.85. The molecule has 0 spiro atoms. The average molecular weight is 629 g/mol. The fourth-order valence-corrected chi connectivity index (χ4v) is 7.21. The Morgan fingerprint density at radius 1 is 0.553 bits per heavy atom. The Balaban J connectivity index is 1.25. The fourth-order valence-electron chi connectivity index (χ4n) is 5.96. The summed E-state index contributed by atoms with van der Waals surface area (Å²) in [5, 5.41) is 1.55. The lowest BCUT2D eigenvalue weighted by atomic mass is 9.98. The maximum Gasteiger partial charge on any atom is 0.227 e. The summed E-state index contributed by atoms with van der Waals surface area (Å²) in [7, 11) is 0. The number of aromatic nitrogens is 1. The number of rotatable bonds is 6. The smallest absolute Gasteiger partial charge is 0.227 e. The Hall–Kier alpha value is -5.97. The summed E-state index contributed by atoms with van der Waals surface area (Å²) in [5.41, 5.74) is 4.68. The van der Waals surface area contributed by atoms with Crippen LogP contribution < -0.4 is 4.90 Å². The number of nitrogens with zero attached hydrogens (tertiary/aromatic N) is 2. The van der Waals surface area contributed by atoms with Crippen molar-refractivity contribution in [3.63, 3.8) is 0 Å². The molecule has 0 aliphatic carbocycles. The summed E-state index contributed by atoms with van der Waals surface area (Å²) in [6.07, 6.45) is 0. The molecule has 0 amide bonds. The van der Waals surface area contributed by atoms with E-state index in [1.54, 1.807) is 17.0 Å². The van der Waals surface area contributed by atoms with E-state index >= 15 is 0 Å². The van der Waals surface area contributed by atoms with Crippen molar-refractivity contribution in [3.05, 3.63) is 170 Å². The van der Waals surface area contributed by atoms with Crippen molar-refractivity contribution >= 4 is 59.7 Å². The van der Waals surface area contributed by atoms with E-state index in [0.29, 0.717) is 32.6 Å². The zero-order chi connectivity index (χ0) is 38.1. The van der Waals surface area contributed by atoms with Crippen molar-refractivity contribution in [2.24, 2.45) is 0 Å². The van der Waals surface area contributed by atoms with Gasteiger partial charge in [0, 0.05) is 42.8 Å². The van der Waals surface area contributed by atoms with Crippen LogP contribution in [0, 0.1) is 0 Å². The molecule has 0 saturated carbocycles. The first-order valence-electron chi connectivity index (χ1n) is 19.1. The molecule has 222 valence electrons. The van der Waals surface area contributed by atoms with Crippen LogP contribution in [0.2, 0.25) is 0 Å². The molecular formula is C43H28N2OS. The van der Waals surface area contributed by atoms with Gasteiger partial charge >= 0.3 is 0 Å². The topological polar surface area (TPSA) is 29.3 Å². The van der Waals surface area contributed by atoms with Crippen LogP contribution in [-0.4, -0.2) is 4.98 Å². The number of benzene rings is 7. The number of fused-ring (bicyclic) bond motifs is 4. The van der Waals surface area contributed by atoms with Crippen LogP contribution in [-0.2, 0) is 0 Å². The molecule has 0 atom stereocenters. The monoisotopic (exact) mass is 628 g/mol. The second-order valence-electron chi connectivity index (χ2n) is 11.0. The minimum atomic E-state index is -0.413. The molecule has 4 heteroatoms. The van der Waals surface area contributed by atoms with Crippen LogP contribution in [0.5, 0.6) is 0 Å². The summed E-state index contributed by atoms with van der Waals surface area (Å²) in [4.78, 5) is 6.31. The van der Waals surface area contributed by atoms with Crippen molar-refractivity contribution in [1.82, 2.24) is 4.98 Å². The van der Waals surface area contributed by atoms with Crippen molar-refractivity contribution in [3.8, 4) is 33.7 Å². The van der Waals surface area contributed by atoms with Gasteiger partial charge in [-0.3, -0.25) is 0 Å². The molecule has 0 aliphatic heterocycles. The Kier molecular flexibility index (Phi) is 4.92. The summed E-state index contributed by atoms with van der Waals surface area (Å²) in [6, 6.07) is 36.1. The maximum atomic E-state index is 9.44. The van der Waals surface area contributed by atoms with E-state index in [-0.39, 0.29) is 64.5 Å². The van der Waals surface area contributed by atoms with Gasteiger partial charge in [0.15, 0.2) is 5.58 Å². The number of oxazole rings is 1. The number of hydrogen-bond acceptors (Lipinski definition) is 4. The normalized spacial score (nSPS) is 13.8. The lowest BCUT2D eigenvalue weighted by Gasteiger charge is -2.26. The zero-order valence-corrected chi connectivity index (χ0v) is 25.6. The quantitative estimate of drug-likeness (QED) is 0.183. The molecule has 0 aliphatic rings. The van der Waals surface area contributed by atoms with Crippen LogP contribution in [0.3, 0.4) is 0 Å². The molecule has 0 N–H and O–H groups in total. The fraction of sp³-hybridized carbons (Fsp3) is 0. The molecule has 3 nitrogen and oxygen atoms in total. The highest BCUT2D eigenvalue weighted by Gasteiger charge is 2.19. The van der Waals surface area contributed by atoms with Crippen molar-refractivity contribution in [2.75, 3.05) is 4.90 Å². The summed E-state index contributed by atoms with van der Waals surface area (Å²) >= 11 is 1.44. The van der Waals surface area contributed by atoms with Gasteiger partial charge in [0.05, 0.1) is 11.0 Å². The lowest BCUT2D eigenvalue weighted by Crippen LogP contribution is -2.09. The molecule has 9 rings (SSSR count). The van der Waals surface area contributed by atoms with Gasteiger partial charge in [0.1, 0.15) is 5.52 Å². The molecule has 0 unspecified atom stereocenters. The molecule has 0 bridgehead atoms. The summed E-state index contributed by atoms with van der Waals surface area (Å²) in [5.74, 6) is 0.105. The maximum absolute atomic E-state index is 9.44. The standard InChI is InChI=1S/C43H28N2OS/c1-3-11-29(12-4-1)30-19-23-33(24-20-30)45(32-13-5-2-6-14-32)34-25-21-31(22-26-34)35-27-28-37(43-44-38-16-8-9-17-39(38)46-43)41-36-15-7-10-18-40(36)47-42(35)41/h1-28H/i8D,9D,16D,17D,21D,22D,25D,26D. The summed E-state index contributed by atoms with van der Waals surface area (Å²) in [6.45, 7) is 0. The first kappa shape index (κ1) is 20.2. The van der Waals surface area contributed by atoms with Crippen LogP contribution in [0.1, 0.15) is 11.0 Å². The summed E-state index contributed by atoms with van der Waals surface area (Å²) < 4.78 is 78.5. The van der Waals surface area contributed by atoms with Crippen LogP contribution >= 0.6 is 11.3 Å². The van der Waals surface area contributed by atoms with E-state index < -0.39 is 12.1 Å². The SMILES string of the molecule is [2H]c1c([2H])c(N(c2ccccc2)c2ccc(-c3ccccc3)cc2)c([2H])c([2H])c1-c1ccc(-c2nc3c([2H])c([2H])c([2H])c([2H])c3o2)c2c1sc1ccccc12. The van der Waals surface area contributed by atoms with Gasteiger partial charge in [-0.15, -0.1) is 11.3 Å². The number of hydrogen-bond donors (Lipinski definition) is 0. The molecule has 0 saturated heterocycles. The highest BCUT2D eigenvalue weighted by atomic mass is 32.1. The van der Waals surface area contributed by atoms with Crippen molar-refractivity contribution in [1.29, 1.82) is 0 Å². The van der Waals surface area contributed by atoms with E-state index in [4.69, 9.17) is 9.90 Å². The predicted octanol–water partition coefficient (Wildman–Crippen LogP) is 12.7. The first-order valence-corrected chi connectivity index (χ1v) is 15.9. The lowest BCUT2D eigenvalue weighted by molar-refractivity contribution is 0.620. The van der Waals surface area contributed by atoms with Crippen molar-refractivity contribution in [2.45, 2.75) is 0 Å². The second kappa shape index (κ2) is 11.4. The van der Waals surface area contributed by atoms with Gasteiger partial charge in [-0.25, -0.2) is 4.98 Å². The van der Waals surface area contributed by atoms with Crippen LogP contribution in [0.4, 0.5) is 17.1 Å². The van der Waals surface area contributed by atoms with Crippen LogP contribution in [0.15, 0.2) is 174 Å². The third-order valence-corrected chi connectivity index (χ3v) is 9.36. The number of para-hydroxylation sites is 3. The molecule has 7 aromatic carbocycles. The van der Waals surface area contributed by atoms with Gasteiger partial charge in [-0.1, -0.05) is 109 Å². The molecular weight excluding hydrogens is 593 g/mol. The Bertz CT molecular complexity index is 2890. The number of thiophene rings is 1. The second-order valence-corrected chi connectivity index (χ2v) is 12.0. The van der Waals surface area contributed by atoms with Gasteiger partial charge in [0.2, 0.25) is 5.89 Å². The van der Waals surface area contributed by atoms with Gasteiger partial charge in [-0.2, -0.15) is 0 Å². The van der Waals surface area contributed by atoms with E-state index in [9.17, 15) is 5.48 Å². The van der Waals surface area contributed by atoms with Gasteiger partial charge in [-0.05, 0) is 82.8 Å². The molecule has 2 heterocycles. The Morgan fingerprint density at radius 2 is 1.21 bits per heavy atom. The minimum absolute atomic E-state index is 0.0191. The minimum Gasteiger partial charge on any atom is -0.436 e. The molecule has 0 radical (unpaired) electrons. The van der Waals surface area contributed by atoms with E-state index in [1.165, 1.54) is 11.3 Å². The predicted molar refractivity (Wildman–Crippen MR) is 198 cm³/mol. The van der Waals surface area contributed by atoms with Gasteiger partial charge < -0.3 is 9.32 Å². The zero-order valence-electron chi connectivity index (χ0n) is 32.8. The van der Waals surface area contributed by atoms with Crippen molar-refractivity contribution < 1.29 is 15.4 Å². The Morgan fingerprint density at radius 3 is 2.02 bits per heavy atom. The van der Waals surface area contributed by atoms with Gasteiger partial charge in [0.25, 0.3) is 0 Å². The van der Waals surface area contributed by atoms with Crippen LogP contribution in [0.25, 0.3) is 65.0 Å². The third-order valence-electron chi connectivity index (χ3n) is 8.15. The molecule has 2 aromatic heterocycles. The molecule has 0 fully saturated rings. The highest BCUT2D eigenvalue weighted by molar-refractivity contribution is 7.26. The van der Waals surface area contributed by atoms with E-state index in [2.05, 4.69) is 4.98 Å². The molecule has 47 heavy (non-hydrogen) atoms. The largest absolute Gasteiger partial charge is 0.436 e. The molecule has 9 aromatic rings. The highest BCUT2D eigenvalue weighted by Crippen LogP contribution is 2.45. The Labute approximate surface area is 287 Å². The first-order chi connectivity index (χ1) is 26.6. The number of anilines is 3. The van der Waals surface area contributed by atoms with E-state index in [0.717, 1.165) is 21.2 Å². The van der Waals surface area contributed by atoms with E-state index in [1.807, 2.05) is 109 Å². The third kappa shape index (κ3) is 4.87.